The number of hydrogen-bond acceptors (Lipinski definition) is 2. The van der Waals surface area contributed by atoms with Crippen molar-refractivity contribution in [2.24, 2.45) is 0 Å². The summed E-state index contributed by atoms with van der Waals surface area (Å²) in [4.78, 5) is 0. The highest BCUT2D eigenvalue weighted by atomic mass is 32.2. The highest BCUT2D eigenvalue weighted by Gasteiger charge is 2.34. The van der Waals surface area contributed by atoms with Crippen LogP contribution < -0.4 is 0 Å². The average Bonchev–Trinajstić information content (AvgIpc) is 2.29. The van der Waals surface area contributed by atoms with E-state index in [2.05, 4.69) is 6.58 Å². The minimum absolute atomic E-state index is 0.00926. The second kappa shape index (κ2) is 3.18. The summed E-state index contributed by atoms with van der Waals surface area (Å²) in [6.07, 6.45) is 4.80. The summed E-state index contributed by atoms with van der Waals surface area (Å²) in [6, 6.07) is 0.137. The molecule has 0 bridgehead atoms. The Morgan fingerprint density at radius 1 is 1.50 bits per heavy atom. The van der Waals surface area contributed by atoms with Crippen LogP contribution in [0.5, 0.6) is 0 Å². The molecule has 3 nitrogen and oxygen atoms in total. The molecule has 0 aromatic rings. The molecule has 4 heteroatoms. The molecule has 0 amide bonds. The van der Waals surface area contributed by atoms with Crippen molar-refractivity contribution in [3.05, 3.63) is 12.7 Å². The van der Waals surface area contributed by atoms with Crippen molar-refractivity contribution in [2.75, 3.05) is 6.26 Å². The van der Waals surface area contributed by atoms with E-state index in [1.165, 1.54) is 6.26 Å². The first-order valence-corrected chi connectivity index (χ1v) is 5.92. The van der Waals surface area contributed by atoms with Crippen molar-refractivity contribution in [1.82, 2.24) is 4.31 Å². The van der Waals surface area contributed by atoms with Crippen LogP contribution in [0.25, 0.3) is 0 Å². The monoisotopic (exact) mass is 189 g/mol. The Hall–Kier alpha value is -0.350. The lowest BCUT2D eigenvalue weighted by Gasteiger charge is -2.23. The van der Waals surface area contributed by atoms with Gasteiger partial charge in [-0.3, -0.25) is 0 Å². The Balaban J connectivity index is 2.92. The maximum absolute atomic E-state index is 11.3. The van der Waals surface area contributed by atoms with E-state index >= 15 is 0 Å². The third kappa shape index (κ3) is 1.69. The summed E-state index contributed by atoms with van der Waals surface area (Å²) < 4.78 is 24.1. The highest BCUT2D eigenvalue weighted by Crippen LogP contribution is 2.26. The first kappa shape index (κ1) is 9.74. The zero-order valence-electron chi connectivity index (χ0n) is 7.53. The summed E-state index contributed by atoms with van der Waals surface area (Å²) in [5.74, 6) is 0. The smallest absolute Gasteiger partial charge is 0.211 e. The molecule has 0 aromatic carbocycles. The molecule has 70 valence electrons. The summed E-state index contributed by atoms with van der Waals surface area (Å²) in [6.45, 7) is 5.57. The van der Waals surface area contributed by atoms with E-state index in [1.54, 1.807) is 10.4 Å². The van der Waals surface area contributed by atoms with Crippen LogP contribution in [0.15, 0.2) is 12.7 Å². The molecule has 12 heavy (non-hydrogen) atoms. The highest BCUT2D eigenvalue weighted by molar-refractivity contribution is 7.88. The SMILES string of the molecule is C=CC1CCC(C)N1S(C)(=O)=O. The number of hydrogen-bond donors (Lipinski definition) is 0. The van der Waals surface area contributed by atoms with Crippen LogP contribution in [0.2, 0.25) is 0 Å². The zero-order valence-corrected chi connectivity index (χ0v) is 8.34. The fourth-order valence-electron chi connectivity index (χ4n) is 1.79. The van der Waals surface area contributed by atoms with Gasteiger partial charge < -0.3 is 0 Å². The van der Waals surface area contributed by atoms with Gasteiger partial charge in [0, 0.05) is 12.1 Å². The van der Waals surface area contributed by atoms with Crippen LogP contribution in [-0.2, 0) is 10.0 Å². The Kier molecular flexibility index (Phi) is 2.58. The standard InChI is InChI=1S/C8H15NO2S/c1-4-8-6-5-7(2)9(8)12(3,10)11/h4,7-8H,1,5-6H2,2-3H3. The molecule has 1 fully saturated rings. The van der Waals surface area contributed by atoms with Gasteiger partial charge in [-0.05, 0) is 19.8 Å². The van der Waals surface area contributed by atoms with Crippen LogP contribution in [0.4, 0.5) is 0 Å². The van der Waals surface area contributed by atoms with Gasteiger partial charge in [0.15, 0.2) is 0 Å². The van der Waals surface area contributed by atoms with E-state index in [0.29, 0.717) is 0 Å². The third-order valence-electron chi connectivity index (χ3n) is 2.30. The van der Waals surface area contributed by atoms with E-state index in [4.69, 9.17) is 0 Å². The van der Waals surface area contributed by atoms with Gasteiger partial charge in [-0.1, -0.05) is 6.08 Å². The van der Waals surface area contributed by atoms with Crippen LogP contribution >= 0.6 is 0 Å². The largest absolute Gasteiger partial charge is 0.212 e. The summed E-state index contributed by atoms with van der Waals surface area (Å²) in [5, 5.41) is 0. The molecular weight excluding hydrogens is 174 g/mol. The molecule has 0 aliphatic carbocycles. The molecular formula is C8H15NO2S. The van der Waals surface area contributed by atoms with Gasteiger partial charge in [0.05, 0.1) is 6.26 Å². The Bertz CT molecular complexity index is 271. The lowest BCUT2D eigenvalue weighted by Crippen LogP contribution is -2.38. The van der Waals surface area contributed by atoms with Gasteiger partial charge in [-0.2, -0.15) is 4.31 Å². The van der Waals surface area contributed by atoms with E-state index < -0.39 is 10.0 Å². The van der Waals surface area contributed by atoms with E-state index in [1.807, 2.05) is 6.92 Å². The number of rotatable bonds is 2. The molecule has 2 atom stereocenters. The Morgan fingerprint density at radius 3 is 2.42 bits per heavy atom. The van der Waals surface area contributed by atoms with E-state index in [0.717, 1.165) is 12.8 Å². The third-order valence-corrected chi connectivity index (χ3v) is 3.69. The van der Waals surface area contributed by atoms with E-state index in [-0.39, 0.29) is 12.1 Å². The Labute approximate surface area is 74.1 Å². The fourth-order valence-corrected chi connectivity index (χ4v) is 3.23. The maximum Gasteiger partial charge on any atom is 0.211 e. The molecule has 0 spiro atoms. The average molecular weight is 189 g/mol. The topological polar surface area (TPSA) is 37.4 Å². The van der Waals surface area contributed by atoms with E-state index in [9.17, 15) is 8.42 Å². The van der Waals surface area contributed by atoms with Gasteiger partial charge in [0.25, 0.3) is 0 Å². The number of sulfonamides is 1. The molecule has 1 aliphatic heterocycles. The lowest BCUT2D eigenvalue weighted by atomic mass is 10.2. The summed E-state index contributed by atoms with van der Waals surface area (Å²) >= 11 is 0. The van der Waals surface area contributed by atoms with Crippen LogP contribution in [0, 0.1) is 0 Å². The predicted molar refractivity (Wildman–Crippen MR) is 49.4 cm³/mol. The molecule has 0 aromatic heterocycles. The van der Waals surface area contributed by atoms with Gasteiger partial charge in [0.2, 0.25) is 10.0 Å². The van der Waals surface area contributed by atoms with Crippen LogP contribution in [0.1, 0.15) is 19.8 Å². The van der Waals surface area contributed by atoms with Crippen molar-refractivity contribution in [3.63, 3.8) is 0 Å². The van der Waals surface area contributed by atoms with Crippen molar-refractivity contribution >= 4 is 10.0 Å². The van der Waals surface area contributed by atoms with Crippen molar-refractivity contribution in [2.45, 2.75) is 31.8 Å². The van der Waals surface area contributed by atoms with Gasteiger partial charge in [-0.15, -0.1) is 6.58 Å². The maximum atomic E-state index is 11.3. The molecule has 0 radical (unpaired) electrons. The van der Waals surface area contributed by atoms with Crippen LogP contribution in [-0.4, -0.2) is 31.1 Å². The molecule has 0 N–H and O–H groups in total. The second-order valence-electron chi connectivity index (χ2n) is 3.32. The second-order valence-corrected chi connectivity index (χ2v) is 5.21. The summed E-state index contributed by atoms with van der Waals surface area (Å²) in [7, 11) is -3.05. The zero-order chi connectivity index (χ0) is 9.35. The first-order chi connectivity index (χ1) is 5.46. The molecule has 0 saturated carbocycles. The van der Waals surface area contributed by atoms with Crippen molar-refractivity contribution < 1.29 is 8.42 Å². The summed E-state index contributed by atoms with van der Waals surface area (Å²) in [5.41, 5.74) is 0. The van der Waals surface area contributed by atoms with Crippen LogP contribution in [0.3, 0.4) is 0 Å². The normalized spacial score (nSPS) is 32.2. The molecule has 1 rings (SSSR count). The van der Waals surface area contributed by atoms with Crippen molar-refractivity contribution in [1.29, 1.82) is 0 Å². The first-order valence-electron chi connectivity index (χ1n) is 4.08. The lowest BCUT2D eigenvalue weighted by molar-refractivity contribution is 0.373. The van der Waals surface area contributed by atoms with Crippen molar-refractivity contribution in [3.8, 4) is 0 Å². The molecule has 1 saturated heterocycles. The van der Waals surface area contributed by atoms with Gasteiger partial charge in [-0.25, -0.2) is 8.42 Å². The quantitative estimate of drug-likeness (QED) is 0.607. The molecule has 2 unspecified atom stereocenters. The minimum atomic E-state index is -3.05. The van der Waals surface area contributed by atoms with Gasteiger partial charge in [0.1, 0.15) is 0 Å². The Morgan fingerprint density at radius 2 is 2.08 bits per heavy atom. The molecule has 1 aliphatic rings. The van der Waals surface area contributed by atoms with Gasteiger partial charge >= 0.3 is 0 Å². The predicted octanol–water partition coefficient (Wildman–Crippen LogP) is 0.985. The number of nitrogens with zero attached hydrogens (tertiary/aromatic N) is 1. The minimum Gasteiger partial charge on any atom is -0.212 e. The fraction of sp³-hybridized carbons (Fsp3) is 0.750. The molecule has 1 heterocycles.